The van der Waals surface area contributed by atoms with Crippen molar-refractivity contribution < 1.29 is 28.7 Å². The van der Waals surface area contributed by atoms with Crippen LogP contribution in [0.2, 0.25) is 0 Å². The van der Waals surface area contributed by atoms with Gasteiger partial charge < -0.3 is 20.1 Å². The fourth-order valence-corrected chi connectivity index (χ4v) is 8.96. The number of rotatable bonds is 10. The lowest BCUT2D eigenvalue weighted by Crippen LogP contribution is -2.19. The molecule has 1 amide bonds. The maximum Gasteiger partial charge on any atom is 0.343 e. The molecular formula is C44H42Br4N2O6. The van der Waals surface area contributed by atoms with E-state index in [0.717, 1.165) is 53.9 Å². The highest BCUT2D eigenvalue weighted by molar-refractivity contribution is 9.11. The predicted octanol–water partition coefficient (Wildman–Crippen LogP) is 12.6. The second-order valence-electron chi connectivity index (χ2n) is 13.6. The Labute approximate surface area is 361 Å². The number of amides is 1. The molecular weight excluding hydrogens is 972 g/mol. The topological polar surface area (TPSA) is 111 Å². The molecule has 0 radical (unpaired) electrons. The number of nitrogens with one attached hydrogen (secondary N) is 2. The molecule has 56 heavy (non-hydrogen) atoms. The highest BCUT2D eigenvalue weighted by Gasteiger charge is 2.28. The lowest BCUT2D eigenvalue weighted by molar-refractivity contribution is 0.0731. The van der Waals surface area contributed by atoms with Crippen LogP contribution in [-0.2, 0) is 5.41 Å². The minimum atomic E-state index is -0.512. The van der Waals surface area contributed by atoms with Crippen LogP contribution in [0.4, 0.5) is 11.4 Å². The Hall–Kier alpha value is -4.10. The van der Waals surface area contributed by atoms with E-state index in [-0.39, 0.29) is 22.9 Å². The van der Waals surface area contributed by atoms with Crippen LogP contribution in [0, 0.1) is 20.8 Å². The van der Waals surface area contributed by atoms with Gasteiger partial charge >= 0.3 is 5.97 Å². The van der Waals surface area contributed by atoms with Crippen molar-refractivity contribution in [1.29, 1.82) is 0 Å². The molecule has 0 bridgehead atoms. The van der Waals surface area contributed by atoms with Crippen LogP contribution in [0.1, 0.15) is 96.9 Å². The van der Waals surface area contributed by atoms with Crippen molar-refractivity contribution in [3.05, 3.63) is 147 Å². The van der Waals surface area contributed by atoms with Crippen molar-refractivity contribution in [3.63, 3.8) is 0 Å². The van der Waals surface area contributed by atoms with Gasteiger partial charge in [-0.05, 0) is 175 Å². The number of benzene rings is 5. The van der Waals surface area contributed by atoms with Gasteiger partial charge in [0.05, 0.1) is 30.6 Å². The molecule has 0 aliphatic carbocycles. The second-order valence-corrected chi connectivity index (χ2v) is 17.0. The summed E-state index contributed by atoms with van der Waals surface area (Å²) in [6, 6.07) is 23.1. The highest BCUT2D eigenvalue weighted by Crippen LogP contribution is 2.44. The summed E-state index contributed by atoms with van der Waals surface area (Å²) >= 11 is 14.3. The van der Waals surface area contributed by atoms with Gasteiger partial charge in [-0.3, -0.25) is 14.4 Å². The number of carbonyl (C=O) groups is 4. The number of aryl methyl sites for hydroxylation is 2. The normalized spacial score (nSPS) is 10.9. The van der Waals surface area contributed by atoms with E-state index in [2.05, 4.69) is 88.2 Å². The van der Waals surface area contributed by atoms with E-state index in [1.54, 1.807) is 55.6 Å². The van der Waals surface area contributed by atoms with Crippen molar-refractivity contribution >= 4 is 98.5 Å². The van der Waals surface area contributed by atoms with Gasteiger partial charge in [0.1, 0.15) is 5.75 Å². The number of methoxy groups -OCH3 is 1. The molecule has 0 saturated heterocycles. The number of Topliss-reactive ketones (excluding diaryl/α,β-unsaturated/α-hetero) is 2. The van der Waals surface area contributed by atoms with Crippen LogP contribution < -0.4 is 20.1 Å². The van der Waals surface area contributed by atoms with Gasteiger partial charge in [-0.1, -0.05) is 44.2 Å². The Morgan fingerprint density at radius 1 is 0.589 bits per heavy atom. The van der Waals surface area contributed by atoms with E-state index in [9.17, 15) is 19.2 Å². The van der Waals surface area contributed by atoms with E-state index in [4.69, 9.17) is 9.47 Å². The maximum absolute atomic E-state index is 12.7. The Kier molecular flexibility index (Phi) is 15.1. The molecule has 0 aliphatic rings. The molecule has 0 aromatic heterocycles. The van der Waals surface area contributed by atoms with Crippen LogP contribution in [-0.4, -0.2) is 37.6 Å². The van der Waals surface area contributed by atoms with E-state index >= 15 is 0 Å². The first-order valence-electron chi connectivity index (χ1n) is 17.4. The number of esters is 1. The lowest BCUT2D eigenvalue weighted by atomic mass is 9.78. The number of ketones is 2. The summed E-state index contributed by atoms with van der Waals surface area (Å²) < 4.78 is 14.1. The molecule has 0 aliphatic heterocycles. The first-order valence-corrected chi connectivity index (χ1v) is 20.5. The molecule has 0 spiro atoms. The summed E-state index contributed by atoms with van der Waals surface area (Å²) in [4.78, 5) is 47.9. The zero-order chi connectivity index (χ0) is 41.6. The standard InChI is InChI=1S/C25H20Br4O4.C19H22N2O2/c1-13(30)14-5-7-15(8-6-14)24(31)33-23-20(28)11-17(12-21(23)29)25(2,3)16-9-18(26)22(32-4)19(27)10-16;1-11-10-12(2)18(13(3)17(11)20-5)21-19(23)16-8-6-15(7-9-16)14(4)22/h5-12H,1-4H3;6-10,20H,1-5H3,(H,21,23). The molecule has 5 aromatic carbocycles. The molecule has 5 rings (SSSR count). The molecule has 5 aromatic rings. The summed E-state index contributed by atoms with van der Waals surface area (Å²) in [5, 5.41) is 6.16. The summed E-state index contributed by atoms with van der Waals surface area (Å²) in [6.45, 7) is 13.2. The van der Waals surface area contributed by atoms with Gasteiger partial charge in [0.2, 0.25) is 0 Å². The van der Waals surface area contributed by atoms with Gasteiger partial charge in [0.25, 0.3) is 5.91 Å². The second kappa shape index (κ2) is 18.9. The monoisotopic (exact) mass is 1010 g/mol. The number of halogens is 4. The average Bonchev–Trinajstić information content (AvgIpc) is 3.14. The quantitative estimate of drug-likeness (QED) is 0.0814. The molecule has 2 N–H and O–H groups in total. The van der Waals surface area contributed by atoms with Crippen molar-refractivity contribution in [2.24, 2.45) is 0 Å². The minimum absolute atomic E-state index is 0.0131. The zero-order valence-corrected chi connectivity index (χ0v) is 38.8. The Morgan fingerprint density at radius 3 is 1.39 bits per heavy atom. The molecule has 0 unspecified atom stereocenters. The third-order valence-corrected chi connectivity index (χ3v) is 11.7. The number of ether oxygens (including phenoxy) is 2. The summed E-state index contributed by atoms with van der Waals surface area (Å²) in [5.74, 6) is 0.344. The van der Waals surface area contributed by atoms with Gasteiger partial charge in [-0.25, -0.2) is 4.79 Å². The first kappa shape index (κ1) is 44.6. The SMILES string of the molecule is CNc1c(C)cc(C)c(NC(=O)c2ccc(C(C)=O)cc2)c1C.COc1c(Br)cc(C(C)(C)c2cc(Br)c(OC(=O)c3ccc(C(C)=O)cc3)c(Br)c2)cc1Br. The van der Waals surface area contributed by atoms with Crippen LogP contribution in [0.25, 0.3) is 0 Å². The fraction of sp³-hybridized carbons (Fsp3) is 0.227. The third-order valence-electron chi connectivity index (χ3n) is 9.38. The van der Waals surface area contributed by atoms with Crippen molar-refractivity contribution in [3.8, 4) is 11.5 Å². The average molecular weight is 1010 g/mol. The van der Waals surface area contributed by atoms with Crippen LogP contribution in [0.3, 0.4) is 0 Å². The van der Waals surface area contributed by atoms with Crippen molar-refractivity contribution in [2.45, 2.75) is 53.9 Å². The van der Waals surface area contributed by atoms with E-state index < -0.39 is 5.97 Å². The van der Waals surface area contributed by atoms with Gasteiger partial charge in [-0.2, -0.15) is 0 Å². The van der Waals surface area contributed by atoms with Crippen LogP contribution >= 0.6 is 63.7 Å². The Morgan fingerprint density at radius 2 is 0.982 bits per heavy atom. The molecule has 0 atom stereocenters. The van der Waals surface area contributed by atoms with Crippen LogP contribution in [0.15, 0.2) is 96.8 Å². The summed E-state index contributed by atoms with van der Waals surface area (Å²) in [7, 11) is 3.50. The molecule has 292 valence electrons. The zero-order valence-electron chi connectivity index (χ0n) is 32.5. The van der Waals surface area contributed by atoms with Gasteiger partial charge in [-0.15, -0.1) is 0 Å². The molecule has 8 nitrogen and oxygen atoms in total. The number of carbonyl (C=O) groups excluding carboxylic acids is 4. The molecule has 12 heteroatoms. The lowest BCUT2D eigenvalue weighted by Gasteiger charge is -2.28. The summed E-state index contributed by atoms with van der Waals surface area (Å²) in [6.07, 6.45) is 0. The Balaban J connectivity index is 0.000000265. The van der Waals surface area contributed by atoms with Gasteiger partial charge in [0.15, 0.2) is 17.3 Å². The molecule has 0 saturated carbocycles. The first-order chi connectivity index (χ1) is 26.3. The van der Waals surface area contributed by atoms with Crippen LogP contribution in [0.5, 0.6) is 11.5 Å². The van der Waals surface area contributed by atoms with E-state index in [1.165, 1.54) is 13.8 Å². The minimum Gasteiger partial charge on any atom is -0.494 e. The largest absolute Gasteiger partial charge is 0.494 e. The highest BCUT2D eigenvalue weighted by atomic mass is 79.9. The number of anilines is 2. The van der Waals surface area contributed by atoms with Crippen molar-refractivity contribution in [2.75, 3.05) is 24.8 Å². The molecule has 0 heterocycles. The van der Waals surface area contributed by atoms with Gasteiger partial charge in [0, 0.05) is 40.5 Å². The van der Waals surface area contributed by atoms with E-state index in [1.807, 2.05) is 58.2 Å². The molecule has 0 fully saturated rings. The predicted molar refractivity (Wildman–Crippen MR) is 238 cm³/mol. The Bertz CT molecular complexity index is 2270. The summed E-state index contributed by atoms with van der Waals surface area (Å²) in [5.41, 5.74) is 8.76. The maximum atomic E-state index is 12.7. The number of hydrogen-bond donors (Lipinski definition) is 2. The van der Waals surface area contributed by atoms with Crippen molar-refractivity contribution in [1.82, 2.24) is 0 Å². The number of hydrogen-bond acceptors (Lipinski definition) is 7. The third kappa shape index (κ3) is 10.2. The van der Waals surface area contributed by atoms with E-state index in [0.29, 0.717) is 36.9 Å². The smallest absolute Gasteiger partial charge is 0.343 e. The fourth-order valence-electron chi connectivity index (χ4n) is 6.10.